The van der Waals surface area contributed by atoms with Crippen LogP contribution in [0, 0.1) is 0 Å². The monoisotopic (exact) mass is 1100 g/mol. The predicted octanol–water partition coefficient (Wildman–Crippen LogP) is 22.9. The largest absolute Gasteiger partial charge is 0.466 e. The Bertz CT molecular complexity index is 1220. The van der Waals surface area contributed by atoms with E-state index in [0.29, 0.717) is 25.9 Å². The normalized spacial score (nSPS) is 12.6. The van der Waals surface area contributed by atoms with Crippen LogP contribution in [0.1, 0.15) is 399 Å². The number of unbranched alkanes of at least 4 members (excludes halogenated alkanes) is 52. The first-order valence-corrected chi connectivity index (χ1v) is 35.6. The molecule has 3 N–H and O–H groups in total. The van der Waals surface area contributed by atoms with Crippen molar-refractivity contribution in [1.82, 2.24) is 5.32 Å². The van der Waals surface area contributed by atoms with E-state index in [4.69, 9.17) is 4.74 Å². The molecule has 1 amide bonds. The van der Waals surface area contributed by atoms with Crippen LogP contribution in [0.25, 0.3) is 0 Å². The fraction of sp³-hybridized carbons (Fsp3) is 0.917. The summed E-state index contributed by atoms with van der Waals surface area (Å²) < 4.78 is 5.47. The van der Waals surface area contributed by atoms with Gasteiger partial charge in [-0.15, -0.1) is 0 Å². The molecule has 6 nitrogen and oxygen atoms in total. The molecule has 6 heteroatoms. The molecule has 462 valence electrons. The van der Waals surface area contributed by atoms with E-state index < -0.39 is 12.1 Å². The van der Waals surface area contributed by atoms with Crippen LogP contribution >= 0.6 is 0 Å². The lowest BCUT2D eigenvalue weighted by atomic mass is 10.0. The van der Waals surface area contributed by atoms with Crippen molar-refractivity contribution in [3.63, 3.8) is 0 Å². The van der Waals surface area contributed by atoms with E-state index in [-0.39, 0.29) is 18.5 Å². The van der Waals surface area contributed by atoms with Gasteiger partial charge in [0.25, 0.3) is 0 Å². The Kier molecular flexibility index (Phi) is 66.4. The Hall–Kier alpha value is -1.66. The van der Waals surface area contributed by atoms with E-state index in [2.05, 4.69) is 43.5 Å². The lowest BCUT2D eigenvalue weighted by Crippen LogP contribution is -2.45. The molecule has 0 aromatic carbocycles. The van der Waals surface area contributed by atoms with Crippen molar-refractivity contribution >= 4 is 11.9 Å². The maximum Gasteiger partial charge on any atom is 0.305 e. The summed E-state index contributed by atoms with van der Waals surface area (Å²) >= 11 is 0. The minimum absolute atomic E-state index is 0.0189. The van der Waals surface area contributed by atoms with Gasteiger partial charge in [-0.3, -0.25) is 9.59 Å². The maximum atomic E-state index is 12.5. The smallest absolute Gasteiger partial charge is 0.305 e. The molecule has 0 saturated carbocycles. The molecule has 0 rings (SSSR count). The molecule has 2 unspecified atom stereocenters. The highest BCUT2D eigenvalue weighted by Gasteiger charge is 2.20. The van der Waals surface area contributed by atoms with Crippen LogP contribution < -0.4 is 5.32 Å². The number of aliphatic hydroxyl groups is 2. The van der Waals surface area contributed by atoms with Crippen molar-refractivity contribution in [3.8, 4) is 0 Å². The maximum absolute atomic E-state index is 12.5. The summed E-state index contributed by atoms with van der Waals surface area (Å²) in [7, 11) is 0. The molecular formula is C72H139NO5. The van der Waals surface area contributed by atoms with E-state index in [1.54, 1.807) is 0 Å². The van der Waals surface area contributed by atoms with E-state index in [0.717, 1.165) is 44.9 Å². The van der Waals surface area contributed by atoms with Crippen LogP contribution in [0.4, 0.5) is 0 Å². The Morgan fingerprint density at radius 3 is 0.974 bits per heavy atom. The minimum atomic E-state index is -0.661. The lowest BCUT2D eigenvalue weighted by molar-refractivity contribution is -0.143. The summed E-state index contributed by atoms with van der Waals surface area (Å²) in [5.74, 6) is -0.0112. The molecule has 0 aliphatic heterocycles. The van der Waals surface area contributed by atoms with Crippen LogP contribution in [0.3, 0.4) is 0 Å². The number of rotatable bonds is 67. The van der Waals surface area contributed by atoms with Gasteiger partial charge in [0.15, 0.2) is 0 Å². The number of esters is 1. The summed E-state index contributed by atoms with van der Waals surface area (Å²) in [6.45, 7) is 4.98. The summed E-state index contributed by atoms with van der Waals surface area (Å²) in [5, 5.41) is 23.3. The van der Waals surface area contributed by atoms with Gasteiger partial charge in [-0.2, -0.15) is 0 Å². The number of carbonyl (C=O) groups is 2. The van der Waals surface area contributed by atoms with Crippen molar-refractivity contribution in [2.24, 2.45) is 0 Å². The Balaban J connectivity index is 3.35. The Labute approximate surface area is 488 Å². The molecule has 0 bridgehead atoms. The molecule has 0 aliphatic rings. The van der Waals surface area contributed by atoms with Crippen molar-refractivity contribution in [1.29, 1.82) is 0 Å². The first-order chi connectivity index (χ1) is 38.5. The van der Waals surface area contributed by atoms with Gasteiger partial charge in [0.2, 0.25) is 5.91 Å². The van der Waals surface area contributed by atoms with Crippen molar-refractivity contribution in [3.05, 3.63) is 24.3 Å². The molecule has 78 heavy (non-hydrogen) atoms. The summed E-state index contributed by atoms with van der Waals surface area (Å²) in [6, 6.07) is -0.538. The number of ether oxygens (including phenoxy) is 1. The average molecular weight is 1100 g/mol. The molecule has 0 spiro atoms. The third-order valence-corrected chi connectivity index (χ3v) is 16.8. The van der Waals surface area contributed by atoms with Crippen LogP contribution in [0.5, 0.6) is 0 Å². The SMILES string of the molecule is CCCCCCCCCCCCCCCC(O)C(CO)NC(=O)CCCCCCCCCCCCCCCCCCC/C=C\C/C=C\CCCCCCCCCCCCCCCOC(=O)CCCCCCCCCCCCC. The third kappa shape index (κ3) is 63.5. The van der Waals surface area contributed by atoms with E-state index in [1.165, 1.54) is 321 Å². The van der Waals surface area contributed by atoms with E-state index in [1.807, 2.05) is 0 Å². The molecule has 0 fully saturated rings. The zero-order chi connectivity index (χ0) is 56.4. The zero-order valence-electron chi connectivity index (χ0n) is 52.9. The van der Waals surface area contributed by atoms with E-state index >= 15 is 0 Å². The highest BCUT2D eigenvalue weighted by molar-refractivity contribution is 5.76. The Morgan fingerprint density at radius 1 is 0.359 bits per heavy atom. The van der Waals surface area contributed by atoms with Gasteiger partial charge in [0, 0.05) is 12.8 Å². The molecule has 0 aromatic rings. The van der Waals surface area contributed by atoms with Crippen molar-refractivity contribution in [2.75, 3.05) is 13.2 Å². The Morgan fingerprint density at radius 2 is 0.641 bits per heavy atom. The third-order valence-electron chi connectivity index (χ3n) is 16.8. The predicted molar refractivity (Wildman–Crippen MR) is 343 cm³/mol. The van der Waals surface area contributed by atoms with Gasteiger partial charge >= 0.3 is 5.97 Å². The minimum Gasteiger partial charge on any atom is -0.466 e. The van der Waals surface area contributed by atoms with Gasteiger partial charge in [0.1, 0.15) is 0 Å². The second kappa shape index (κ2) is 67.8. The lowest BCUT2D eigenvalue weighted by Gasteiger charge is -2.22. The van der Waals surface area contributed by atoms with Gasteiger partial charge in [-0.25, -0.2) is 0 Å². The molecule has 0 saturated heterocycles. The highest BCUT2D eigenvalue weighted by Crippen LogP contribution is 2.19. The molecule has 0 heterocycles. The molecule has 2 atom stereocenters. The zero-order valence-corrected chi connectivity index (χ0v) is 52.9. The quantitative estimate of drug-likeness (QED) is 0.0320. The van der Waals surface area contributed by atoms with Crippen LogP contribution in [-0.4, -0.2) is 47.4 Å². The number of nitrogens with one attached hydrogen (secondary N) is 1. The fourth-order valence-corrected chi connectivity index (χ4v) is 11.3. The van der Waals surface area contributed by atoms with Crippen LogP contribution in [-0.2, 0) is 14.3 Å². The number of hydrogen-bond donors (Lipinski definition) is 3. The van der Waals surface area contributed by atoms with Crippen LogP contribution in [0.2, 0.25) is 0 Å². The molecular weight excluding hydrogens is 959 g/mol. The first-order valence-electron chi connectivity index (χ1n) is 35.6. The second-order valence-electron chi connectivity index (χ2n) is 24.6. The van der Waals surface area contributed by atoms with Crippen molar-refractivity contribution < 1.29 is 24.5 Å². The topological polar surface area (TPSA) is 95.9 Å². The standard InChI is InChI=1S/C72H139NO5/c1-3-5-7-9-11-13-15-41-45-48-52-56-60-64-70(75)69(68-74)73-71(76)65-61-57-53-49-46-42-39-37-35-33-31-29-27-25-23-21-19-17-16-18-20-22-24-26-28-30-32-34-36-38-40-43-47-51-55-59-63-67-78-72(77)66-62-58-54-50-44-14-12-10-8-6-4-2/h16,18,22,24,69-70,74-75H,3-15,17,19-21,23,25-68H2,1-2H3,(H,73,76)/b18-16-,24-22-. The molecule has 0 radical (unpaired) electrons. The van der Waals surface area contributed by atoms with Crippen molar-refractivity contribution in [2.45, 2.75) is 411 Å². The van der Waals surface area contributed by atoms with E-state index in [9.17, 15) is 19.8 Å². The first kappa shape index (κ1) is 76.3. The van der Waals surface area contributed by atoms with Crippen LogP contribution in [0.15, 0.2) is 24.3 Å². The molecule has 0 aromatic heterocycles. The second-order valence-corrected chi connectivity index (χ2v) is 24.6. The summed E-state index contributed by atoms with van der Waals surface area (Å²) in [6.07, 6.45) is 85.3. The molecule has 0 aliphatic carbocycles. The number of amides is 1. The van der Waals surface area contributed by atoms with Gasteiger partial charge < -0.3 is 20.3 Å². The van der Waals surface area contributed by atoms with Gasteiger partial charge in [0.05, 0.1) is 25.4 Å². The van der Waals surface area contributed by atoms with Gasteiger partial charge in [-0.1, -0.05) is 353 Å². The highest BCUT2D eigenvalue weighted by atomic mass is 16.5. The number of carbonyl (C=O) groups excluding carboxylic acids is 2. The summed E-state index contributed by atoms with van der Waals surface area (Å²) in [5.41, 5.74) is 0. The number of aliphatic hydroxyl groups excluding tert-OH is 2. The summed E-state index contributed by atoms with van der Waals surface area (Å²) in [4.78, 5) is 24.5. The number of allylic oxidation sites excluding steroid dienone is 4. The average Bonchev–Trinajstić information content (AvgIpc) is 3.44. The fourth-order valence-electron chi connectivity index (χ4n) is 11.3. The number of hydrogen-bond acceptors (Lipinski definition) is 5. The van der Waals surface area contributed by atoms with Gasteiger partial charge in [-0.05, 0) is 57.8 Å².